The lowest BCUT2D eigenvalue weighted by Crippen LogP contribution is -2.49. The van der Waals surface area contributed by atoms with E-state index in [4.69, 9.17) is 9.47 Å². The standard InChI is InChI=1S/C18H26N2O6/c1-17(2,3)25-15(23)19-20(16(24)26-18(4,5)6)11-12-8-7-9-13(10-12)14(21)22/h7-10H,11H2,1-6H3,(H,19,23)(H,21,22)/p-1. The molecule has 26 heavy (non-hydrogen) atoms. The zero-order chi connectivity index (χ0) is 20.1. The van der Waals surface area contributed by atoms with Gasteiger partial charge in [-0.3, -0.25) is 0 Å². The molecular formula is C18H25N2O6-. The molecule has 144 valence electrons. The summed E-state index contributed by atoms with van der Waals surface area (Å²) in [5.74, 6) is -1.34. The van der Waals surface area contributed by atoms with Gasteiger partial charge in [0, 0.05) is 0 Å². The van der Waals surface area contributed by atoms with Gasteiger partial charge in [0.25, 0.3) is 0 Å². The summed E-state index contributed by atoms with van der Waals surface area (Å²) in [6.07, 6.45) is -1.64. The number of amides is 2. The minimum Gasteiger partial charge on any atom is -0.545 e. The third-order valence-electron chi connectivity index (χ3n) is 2.74. The maximum absolute atomic E-state index is 12.4. The Labute approximate surface area is 153 Å². The van der Waals surface area contributed by atoms with Crippen molar-refractivity contribution < 1.29 is 29.0 Å². The van der Waals surface area contributed by atoms with Crippen LogP contribution in [-0.4, -0.2) is 34.4 Å². The summed E-state index contributed by atoms with van der Waals surface area (Å²) in [7, 11) is 0. The number of carboxylic acids is 1. The van der Waals surface area contributed by atoms with E-state index in [9.17, 15) is 19.5 Å². The number of carbonyl (C=O) groups excluding carboxylic acids is 3. The average Bonchev–Trinajstić information content (AvgIpc) is 2.43. The fourth-order valence-corrected chi connectivity index (χ4v) is 1.86. The predicted molar refractivity (Wildman–Crippen MR) is 91.9 cm³/mol. The molecule has 0 fully saturated rings. The van der Waals surface area contributed by atoms with Gasteiger partial charge in [-0.25, -0.2) is 20.0 Å². The lowest BCUT2D eigenvalue weighted by molar-refractivity contribution is -0.255. The molecule has 0 aliphatic heterocycles. The van der Waals surface area contributed by atoms with Crippen molar-refractivity contribution in [3.05, 3.63) is 35.4 Å². The smallest absolute Gasteiger partial charge is 0.429 e. The molecule has 8 heteroatoms. The van der Waals surface area contributed by atoms with E-state index in [2.05, 4.69) is 5.43 Å². The van der Waals surface area contributed by atoms with E-state index in [1.54, 1.807) is 47.6 Å². The number of hydrogen-bond acceptors (Lipinski definition) is 6. The predicted octanol–water partition coefficient (Wildman–Crippen LogP) is 2.23. The Morgan fingerprint density at radius 1 is 1.04 bits per heavy atom. The Hall–Kier alpha value is -2.77. The molecule has 0 bridgehead atoms. The molecule has 0 aliphatic rings. The zero-order valence-electron chi connectivity index (χ0n) is 15.9. The van der Waals surface area contributed by atoms with Gasteiger partial charge in [-0.05, 0) is 58.7 Å². The second kappa shape index (κ2) is 8.07. The normalized spacial score (nSPS) is 11.5. The first-order valence-corrected chi connectivity index (χ1v) is 8.07. The fraction of sp³-hybridized carbons (Fsp3) is 0.500. The summed E-state index contributed by atoms with van der Waals surface area (Å²) in [6.45, 7) is 10.0. The van der Waals surface area contributed by atoms with Crippen molar-refractivity contribution in [1.82, 2.24) is 10.4 Å². The first-order chi connectivity index (χ1) is 11.8. The van der Waals surface area contributed by atoms with Crippen LogP contribution in [0, 0.1) is 0 Å². The van der Waals surface area contributed by atoms with E-state index < -0.39 is 29.4 Å². The average molecular weight is 365 g/mol. The molecule has 1 aromatic rings. The van der Waals surface area contributed by atoms with Crippen LogP contribution in [0.4, 0.5) is 9.59 Å². The summed E-state index contributed by atoms with van der Waals surface area (Å²) >= 11 is 0. The number of carboxylic acid groups (broad SMARTS) is 1. The third kappa shape index (κ3) is 7.87. The molecule has 0 saturated carbocycles. The van der Waals surface area contributed by atoms with Crippen molar-refractivity contribution >= 4 is 18.2 Å². The fourth-order valence-electron chi connectivity index (χ4n) is 1.86. The summed E-state index contributed by atoms with van der Waals surface area (Å²) in [6, 6.07) is 5.85. The minimum atomic E-state index is -1.34. The van der Waals surface area contributed by atoms with Gasteiger partial charge in [0.1, 0.15) is 11.2 Å². The first-order valence-electron chi connectivity index (χ1n) is 8.07. The van der Waals surface area contributed by atoms with E-state index in [0.717, 1.165) is 5.01 Å². The first kappa shape index (κ1) is 21.3. The Morgan fingerprint density at radius 2 is 1.62 bits per heavy atom. The summed E-state index contributed by atoms with van der Waals surface area (Å²) < 4.78 is 10.4. The van der Waals surface area contributed by atoms with E-state index in [1.807, 2.05) is 0 Å². The summed E-state index contributed by atoms with van der Waals surface area (Å²) in [5, 5.41) is 11.9. The lowest BCUT2D eigenvalue weighted by atomic mass is 10.1. The minimum absolute atomic E-state index is 0.0380. The number of nitrogens with one attached hydrogen (secondary N) is 1. The van der Waals surface area contributed by atoms with Gasteiger partial charge in [0.2, 0.25) is 0 Å². The van der Waals surface area contributed by atoms with Gasteiger partial charge >= 0.3 is 12.2 Å². The van der Waals surface area contributed by atoms with Crippen LogP contribution >= 0.6 is 0 Å². The van der Waals surface area contributed by atoms with E-state index in [0.29, 0.717) is 5.56 Å². The SMILES string of the molecule is CC(C)(C)OC(=O)NN(Cc1cccc(C(=O)[O-])c1)C(=O)OC(C)(C)C. The van der Waals surface area contributed by atoms with E-state index in [-0.39, 0.29) is 12.1 Å². The van der Waals surface area contributed by atoms with Crippen LogP contribution in [0.2, 0.25) is 0 Å². The third-order valence-corrected chi connectivity index (χ3v) is 2.74. The van der Waals surface area contributed by atoms with Gasteiger partial charge in [-0.1, -0.05) is 18.2 Å². The molecule has 0 atom stereocenters. The van der Waals surface area contributed by atoms with Gasteiger partial charge in [-0.2, -0.15) is 0 Å². The number of nitrogens with zero attached hydrogens (tertiary/aromatic N) is 1. The maximum Gasteiger partial charge on any atom is 0.429 e. The van der Waals surface area contributed by atoms with E-state index >= 15 is 0 Å². The maximum atomic E-state index is 12.4. The number of benzene rings is 1. The molecular weight excluding hydrogens is 340 g/mol. The molecule has 0 heterocycles. The van der Waals surface area contributed by atoms with Crippen LogP contribution in [0.3, 0.4) is 0 Å². The van der Waals surface area contributed by atoms with Crippen LogP contribution in [0.25, 0.3) is 0 Å². The highest BCUT2D eigenvalue weighted by Gasteiger charge is 2.26. The topological polar surface area (TPSA) is 108 Å². The van der Waals surface area contributed by atoms with Gasteiger partial charge in [-0.15, -0.1) is 0 Å². The molecule has 0 spiro atoms. The van der Waals surface area contributed by atoms with Gasteiger partial charge < -0.3 is 19.4 Å². The van der Waals surface area contributed by atoms with Crippen LogP contribution < -0.4 is 10.5 Å². The Kier molecular flexibility index (Phi) is 6.60. The number of hydrazine groups is 1. The van der Waals surface area contributed by atoms with Crippen molar-refractivity contribution in [1.29, 1.82) is 0 Å². The Morgan fingerprint density at radius 3 is 2.12 bits per heavy atom. The monoisotopic (exact) mass is 365 g/mol. The summed E-state index contributed by atoms with van der Waals surface area (Å²) in [4.78, 5) is 35.4. The number of aromatic carboxylic acids is 1. The molecule has 1 aromatic carbocycles. The quantitative estimate of drug-likeness (QED) is 0.823. The largest absolute Gasteiger partial charge is 0.545 e. The van der Waals surface area contributed by atoms with Crippen molar-refractivity contribution in [2.24, 2.45) is 0 Å². The lowest BCUT2D eigenvalue weighted by Gasteiger charge is -2.29. The zero-order valence-corrected chi connectivity index (χ0v) is 15.9. The van der Waals surface area contributed by atoms with Crippen LogP contribution in [-0.2, 0) is 16.0 Å². The number of ether oxygens (including phenoxy) is 2. The highest BCUT2D eigenvalue weighted by Crippen LogP contribution is 2.13. The Balaban J connectivity index is 3.00. The molecule has 0 unspecified atom stereocenters. The number of rotatable bonds is 3. The summed E-state index contributed by atoms with van der Waals surface area (Å²) in [5.41, 5.74) is 1.22. The number of carbonyl (C=O) groups is 3. The van der Waals surface area contributed by atoms with E-state index in [1.165, 1.54) is 18.2 Å². The molecule has 2 amide bonds. The molecule has 1 N–H and O–H groups in total. The molecule has 8 nitrogen and oxygen atoms in total. The van der Waals surface area contributed by atoms with Crippen LogP contribution in [0.5, 0.6) is 0 Å². The molecule has 0 aromatic heterocycles. The van der Waals surface area contributed by atoms with Crippen LogP contribution in [0.15, 0.2) is 24.3 Å². The van der Waals surface area contributed by atoms with Crippen molar-refractivity contribution in [2.45, 2.75) is 59.3 Å². The molecule has 0 aliphatic carbocycles. The van der Waals surface area contributed by atoms with Crippen LogP contribution in [0.1, 0.15) is 57.5 Å². The Bertz CT molecular complexity index is 673. The van der Waals surface area contributed by atoms with Crippen molar-refractivity contribution in [3.8, 4) is 0 Å². The highest BCUT2D eigenvalue weighted by molar-refractivity contribution is 5.86. The highest BCUT2D eigenvalue weighted by atomic mass is 16.6. The molecule has 0 saturated heterocycles. The number of hydrogen-bond donors (Lipinski definition) is 1. The van der Waals surface area contributed by atoms with Gasteiger partial charge in [0.05, 0.1) is 12.5 Å². The van der Waals surface area contributed by atoms with Crippen molar-refractivity contribution in [3.63, 3.8) is 0 Å². The van der Waals surface area contributed by atoms with Gasteiger partial charge in [0.15, 0.2) is 0 Å². The molecule has 0 radical (unpaired) electrons. The second-order valence-electron chi connectivity index (χ2n) is 7.67. The second-order valence-corrected chi connectivity index (χ2v) is 7.67. The van der Waals surface area contributed by atoms with Crippen molar-refractivity contribution in [2.75, 3.05) is 0 Å². The molecule has 1 rings (SSSR count).